The molecule has 1 amide bonds. The van der Waals surface area contributed by atoms with E-state index in [1.807, 2.05) is 55.5 Å². The van der Waals surface area contributed by atoms with Crippen LogP contribution in [0.5, 0.6) is 5.75 Å². The van der Waals surface area contributed by atoms with Crippen LogP contribution in [-0.4, -0.2) is 23.2 Å². The predicted molar refractivity (Wildman–Crippen MR) is 101 cm³/mol. The monoisotopic (exact) mass is 348 g/mol. The third-order valence-corrected chi connectivity index (χ3v) is 3.91. The van der Waals surface area contributed by atoms with Crippen molar-refractivity contribution in [1.82, 2.24) is 21.0 Å². The Bertz CT molecular complexity index is 929. The summed E-state index contributed by atoms with van der Waals surface area (Å²) in [5.41, 5.74) is 9.96. The minimum atomic E-state index is -0.333. The van der Waals surface area contributed by atoms with E-state index in [-0.39, 0.29) is 5.91 Å². The highest BCUT2D eigenvalue weighted by Crippen LogP contribution is 2.19. The molecule has 0 atom stereocenters. The van der Waals surface area contributed by atoms with Gasteiger partial charge >= 0.3 is 0 Å². The number of benzene rings is 2. The highest BCUT2D eigenvalue weighted by atomic mass is 16.5. The summed E-state index contributed by atoms with van der Waals surface area (Å²) in [7, 11) is 1.60. The van der Waals surface area contributed by atoms with E-state index >= 15 is 0 Å². The fourth-order valence-electron chi connectivity index (χ4n) is 2.39. The molecule has 3 aromatic rings. The zero-order chi connectivity index (χ0) is 18.5. The first-order chi connectivity index (χ1) is 12.6. The van der Waals surface area contributed by atoms with Crippen molar-refractivity contribution in [3.63, 3.8) is 0 Å². The number of hydrogen-bond donors (Lipinski definition) is 3. The molecule has 0 aliphatic carbocycles. The second kappa shape index (κ2) is 7.57. The molecule has 0 radical (unpaired) electrons. The molecule has 6 heteroatoms. The van der Waals surface area contributed by atoms with E-state index in [2.05, 4.69) is 27.6 Å². The summed E-state index contributed by atoms with van der Waals surface area (Å²) in [5.74, 6) is 0.382. The number of rotatable bonds is 6. The first kappa shape index (κ1) is 17.3. The third-order valence-electron chi connectivity index (χ3n) is 3.91. The molecule has 0 saturated carbocycles. The van der Waals surface area contributed by atoms with E-state index in [1.54, 1.807) is 13.2 Å². The van der Waals surface area contributed by atoms with Crippen LogP contribution in [0.2, 0.25) is 0 Å². The summed E-state index contributed by atoms with van der Waals surface area (Å²) < 4.78 is 5.18. The molecule has 1 aromatic heterocycles. The van der Waals surface area contributed by atoms with E-state index in [0.717, 1.165) is 11.1 Å². The average Bonchev–Trinajstić information content (AvgIpc) is 3.16. The number of aryl methyl sites for hydroxylation is 1. The van der Waals surface area contributed by atoms with Crippen molar-refractivity contribution in [2.75, 3.05) is 7.11 Å². The van der Waals surface area contributed by atoms with Crippen molar-refractivity contribution < 1.29 is 9.53 Å². The number of amides is 1. The number of aromatic nitrogens is 2. The highest BCUT2D eigenvalue weighted by Gasteiger charge is 2.11. The maximum Gasteiger partial charge on any atom is 0.287 e. The fourth-order valence-corrected chi connectivity index (χ4v) is 2.39. The van der Waals surface area contributed by atoms with Gasteiger partial charge in [0.15, 0.2) is 0 Å². The van der Waals surface area contributed by atoms with Gasteiger partial charge in [-0.3, -0.25) is 20.7 Å². The Morgan fingerprint density at radius 1 is 1.12 bits per heavy atom. The van der Waals surface area contributed by atoms with Crippen molar-refractivity contribution in [2.24, 2.45) is 0 Å². The quantitative estimate of drug-likeness (QED) is 0.597. The number of aromatic amines is 1. The zero-order valence-corrected chi connectivity index (χ0v) is 14.7. The van der Waals surface area contributed by atoms with Crippen LogP contribution < -0.4 is 15.6 Å². The Morgan fingerprint density at radius 3 is 2.62 bits per heavy atom. The summed E-state index contributed by atoms with van der Waals surface area (Å²) >= 11 is 0. The topological polar surface area (TPSA) is 79.0 Å². The summed E-state index contributed by atoms with van der Waals surface area (Å²) in [4.78, 5) is 12.3. The normalized spacial score (nSPS) is 10.2. The Hall–Kier alpha value is -3.54. The van der Waals surface area contributed by atoms with Gasteiger partial charge in [-0.15, -0.1) is 0 Å². The van der Waals surface area contributed by atoms with Crippen LogP contribution in [0.3, 0.4) is 0 Å². The van der Waals surface area contributed by atoms with Crippen LogP contribution in [0.4, 0.5) is 0 Å². The number of nitrogens with one attached hydrogen (secondary N) is 3. The van der Waals surface area contributed by atoms with Gasteiger partial charge in [0.1, 0.15) is 11.4 Å². The summed E-state index contributed by atoms with van der Waals surface area (Å²) in [6.07, 6.45) is 0. The van der Waals surface area contributed by atoms with Gasteiger partial charge in [0.05, 0.1) is 18.5 Å². The van der Waals surface area contributed by atoms with Crippen molar-refractivity contribution in [3.8, 4) is 17.0 Å². The molecule has 3 rings (SSSR count). The molecule has 0 spiro atoms. The van der Waals surface area contributed by atoms with Gasteiger partial charge in [0.25, 0.3) is 5.91 Å². The van der Waals surface area contributed by atoms with Crippen molar-refractivity contribution in [3.05, 3.63) is 78.0 Å². The van der Waals surface area contributed by atoms with E-state index in [4.69, 9.17) is 4.74 Å². The van der Waals surface area contributed by atoms with Crippen LogP contribution in [0, 0.1) is 6.92 Å². The maximum atomic E-state index is 12.3. The molecule has 132 valence electrons. The Labute approximate surface area is 151 Å². The van der Waals surface area contributed by atoms with E-state index in [1.165, 1.54) is 5.56 Å². The average molecular weight is 348 g/mol. The van der Waals surface area contributed by atoms with Gasteiger partial charge in [-0.2, -0.15) is 5.10 Å². The first-order valence-electron chi connectivity index (χ1n) is 8.09. The number of H-pyrrole nitrogens is 1. The molecule has 0 aliphatic rings. The van der Waals surface area contributed by atoms with Gasteiger partial charge in [0.2, 0.25) is 0 Å². The van der Waals surface area contributed by atoms with Gasteiger partial charge < -0.3 is 4.74 Å². The second-order valence-electron chi connectivity index (χ2n) is 5.82. The van der Waals surface area contributed by atoms with Crippen molar-refractivity contribution >= 4 is 11.6 Å². The molecule has 26 heavy (non-hydrogen) atoms. The lowest BCUT2D eigenvalue weighted by Gasteiger charge is -2.11. The van der Waals surface area contributed by atoms with Crippen LogP contribution >= 0.6 is 0 Å². The Balaban J connectivity index is 1.63. The summed E-state index contributed by atoms with van der Waals surface area (Å²) in [6, 6.07) is 17.0. The lowest BCUT2D eigenvalue weighted by Crippen LogP contribution is -2.36. The number of carbonyl (C=O) groups excluding carboxylic acids is 1. The molecule has 1 heterocycles. The molecular formula is C20H20N4O2. The lowest BCUT2D eigenvalue weighted by atomic mass is 10.1. The third kappa shape index (κ3) is 3.92. The minimum Gasteiger partial charge on any atom is -0.497 e. The summed E-state index contributed by atoms with van der Waals surface area (Å²) in [5, 5.41) is 6.94. The zero-order valence-electron chi connectivity index (χ0n) is 14.7. The van der Waals surface area contributed by atoms with Gasteiger partial charge in [-0.25, -0.2) is 0 Å². The van der Waals surface area contributed by atoms with Gasteiger partial charge in [0, 0.05) is 11.1 Å². The molecule has 6 nitrogen and oxygen atoms in total. The van der Waals surface area contributed by atoms with E-state index in [9.17, 15) is 4.79 Å². The van der Waals surface area contributed by atoms with Crippen LogP contribution in [-0.2, 0) is 0 Å². The SMILES string of the molecule is C=C(NNC(=O)c1cc(-c2ccc(C)cc2)n[nH]1)c1cccc(OC)c1. The highest BCUT2D eigenvalue weighted by molar-refractivity contribution is 5.93. The predicted octanol–water partition coefficient (Wildman–Crippen LogP) is 3.30. The number of hydrazine groups is 1. The molecule has 0 saturated heterocycles. The molecule has 3 N–H and O–H groups in total. The van der Waals surface area contributed by atoms with Crippen molar-refractivity contribution in [2.45, 2.75) is 6.92 Å². The van der Waals surface area contributed by atoms with Crippen LogP contribution in [0.15, 0.2) is 61.2 Å². The van der Waals surface area contributed by atoms with Crippen LogP contribution in [0.25, 0.3) is 17.0 Å². The Morgan fingerprint density at radius 2 is 1.88 bits per heavy atom. The molecular weight excluding hydrogens is 328 g/mol. The molecule has 0 fully saturated rings. The number of methoxy groups -OCH3 is 1. The fraction of sp³-hybridized carbons (Fsp3) is 0.100. The summed E-state index contributed by atoms with van der Waals surface area (Å²) in [6.45, 7) is 5.94. The number of hydrogen-bond acceptors (Lipinski definition) is 4. The van der Waals surface area contributed by atoms with Crippen molar-refractivity contribution in [1.29, 1.82) is 0 Å². The Kier molecular flexibility index (Phi) is 5.03. The van der Waals surface area contributed by atoms with Crippen LogP contribution in [0.1, 0.15) is 21.6 Å². The maximum absolute atomic E-state index is 12.3. The number of nitrogens with zero attached hydrogens (tertiary/aromatic N) is 1. The minimum absolute atomic E-state index is 0.333. The first-order valence-corrected chi connectivity index (χ1v) is 8.09. The van der Waals surface area contributed by atoms with E-state index < -0.39 is 0 Å². The molecule has 2 aromatic carbocycles. The van der Waals surface area contributed by atoms with Gasteiger partial charge in [-0.1, -0.05) is 48.5 Å². The molecule has 0 aliphatic heterocycles. The smallest absolute Gasteiger partial charge is 0.287 e. The van der Waals surface area contributed by atoms with Gasteiger partial charge in [-0.05, 0) is 25.1 Å². The second-order valence-corrected chi connectivity index (χ2v) is 5.82. The van der Waals surface area contributed by atoms with E-state index in [0.29, 0.717) is 22.8 Å². The molecule has 0 unspecified atom stereocenters. The standard InChI is InChI=1S/C20H20N4O2/c1-13-7-9-15(10-8-13)18-12-19(23-22-18)20(25)24-21-14(2)16-5-4-6-17(11-16)26-3/h4-12,21H,2H2,1,3H3,(H,22,23)(H,24,25). The largest absolute Gasteiger partial charge is 0.497 e. The molecule has 0 bridgehead atoms. The lowest BCUT2D eigenvalue weighted by molar-refractivity contribution is 0.0937. The number of ether oxygens (including phenoxy) is 1. The number of carbonyl (C=O) groups is 1.